The Morgan fingerprint density at radius 3 is 2.30 bits per heavy atom. The highest BCUT2D eigenvalue weighted by Gasteiger charge is 2.15. The number of rotatable bonds is 6. The molecule has 134 valence electrons. The van der Waals surface area contributed by atoms with Crippen molar-refractivity contribution < 1.29 is 14.3 Å². The molecule has 0 saturated heterocycles. The molecule has 0 aliphatic heterocycles. The molecule has 0 N–H and O–H groups in total. The van der Waals surface area contributed by atoms with Crippen LogP contribution in [0.25, 0.3) is 11.1 Å². The van der Waals surface area contributed by atoms with Crippen LogP contribution in [0.5, 0.6) is 5.75 Å². The molecule has 0 atom stereocenters. The SMILES string of the molecule is N#Cc1ccccc1-c1ccccc1C(=O)OCCOc1ccc(Cl)cc1. The molecule has 4 nitrogen and oxygen atoms in total. The van der Waals surface area contributed by atoms with Gasteiger partial charge in [0.15, 0.2) is 0 Å². The van der Waals surface area contributed by atoms with E-state index in [2.05, 4.69) is 6.07 Å². The predicted molar refractivity (Wildman–Crippen MR) is 104 cm³/mol. The number of carbonyl (C=O) groups excluding carboxylic acids is 1. The minimum Gasteiger partial charge on any atom is -0.490 e. The highest BCUT2D eigenvalue weighted by atomic mass is 35.5. The molecule has 0 heterocycles. The maximum absolute atomic E-state index is 12.5. The number of benzene rings is 3. The normalized spacial score (nSPS) is 10.1. The Morgan fingerprint density at radius 1 is 0.889 bits per heavy atom. The molecule has 3 aromatic carbocycles. The van der Waals surface area contributed by atoms with Crippen molar-refractivity contribution in [2.24, 2.45) is 0 Å². The average molecular weight is 378 g/mol. The van der Waals surface area contributed by atoms with Gasteiger partial charge in [-0.1, -0.05) is 48.0 Å². The van der Waals surface area contributed by atoms with Crippen LogP contribution in [0.1, 0.15) is 15.9 Å². The van der Waals surface area contributed by atoms with Crippen molar-refractivity contribution in [2.45, 2.75) is 0 Å². The standard InChI is InChI=1S/C22H16ClNO3/c23-17-9-11-18(12-10-17)26-13-14-27-22(25)21-8-4-3-7-20(21)19-6-2-1-5-16(19)15-24/h1-12H,13-14H2. The van der Waals surface area contributed by atoms with E-state index in [0.717, 1.165) is 0 Å². The van der Waals surface area contributed by atoms with Crippen LogP contribution in [-0.4, -0.2) is 19.2 Å². The molecule has 5 heteroatoms. The van der Waals surface area contributed by atoms with E-state index in [4.69, 9.17) is 21.1 Å². The number of carbonyl (C=O) groups is 1. The minimum absolute atomic E-state index is 0.107. The van der Waals surface area contributed by atoms with Crippen LogP contribution in [0.2, 0.25) is 5.02 Å². The van der Waals surface area contributed by atoms with Crippen molar-refractivity contribution in [3.8, 4) is 22.9 Å². The maximum Gasteiger partial charge on any atom is 0.338 e. The number of nitriles is 1. The summed E-state index contributed by atoms with van der Waals surface area (Å²) in [6.45, 7) is 0.333. The summed E-state index contributed by atoms with van der Waals surface area (Å²) in [5.74, 6) is 0.192. The Bertz CT molecular complexity index is 977. The quantitative estimate of drug-likeness (QED) is 0.442. The summed E-state index contributed by atoms with van der Waals surface area (Å²) < 4.78 is 10.9. The zero-order valence-electron chi connectivity index (χ0n) is 14.4. The zero-order chi connectivity index (χ0) is 19.1. The Kier molecular flexibility index (Phi) is 6.09. The second-order valence-corrected chi connectivity index (χ2v) is 6.08. The molecule has 3 rings (SSSR count). The van der Waals surface area contributed by atoms with Gasteiger partial charge in [-0.25, -0.2) is 4.79 Å². The van der Waals surface area contributed by atoms with E-state index in [9.17, 15) is 10.1 Å². The van der Waals surface area contributed by atoms with E-state index in [1.807, 2.05) is 18.2 Å². The molecule has 3 aromatic rings. The molecule has 0 fully saturated rings. The fraction of sp³-hybridized carbons (Fsp3) is 0.0909. The first-order chi connectivity index (χ1) is 13.2. The first-order valence-electron chi connectivity index (χ1n) is 8.33. The van der Waals surface area contributed by atoms with Crippen molar-refractivity contribution >= 4 is 17.6 Å². The molecule has 0 saturated carbocycles. The molecular formula is C22H16ClNO3. The summed E-state index contributed by atoms with van der Waals surface area (Å²) in [5, 5.41) is 9.94. The van der Waals surface area contributed by atoms with Gasteiger partial charge in [0.2, 0.25) is 0 Å². The van der Waals surface area contributed by atoms with Gasteiger partial charge in [-0.05, 0) is 42.0 Å². The Morgan fingerprint density at radius 2 is 1.56 bits per heavy atom. The summed E-state index contributed by atoms with van der Waals surface area (Å²) >= 11 is 5.82. The van der Waals surface area contributed by atoms with E-state index < -0.39 is 5.97 Å². The maximum atomic E-state index is 12.5. The molecule has 0 unspecified atom stereocenters. The summed E-state index contributed by atoms with van der Waals surface area (Å²) in [7, 11) is 0. The van der Waals surface area contributed by atoms with E-state index in [-0.39, 0.29) is 13.2 Å². The number of esters is 1. The van der Waals surface area contributed by atoms with Crippen molar-refractivity contribution in [1.29, 1.82) is 5.26 Å². The lowest BCUT2D eigenvalue weighted by Gasteiger charge is -2.11. The summed E-state index contributed by atoms with van der Waals surface area (Å²) in [6.07, 6.45) is 0. The van der Waals surface area contributed by atoms with Crippen LogP contribution in [0.15, 0.2) is 72.8 Å². The third-order valence-electron chi connectivity index (χ3n) is 3.88. The van der Waals surface area contributed by atoms with E-state index in [1.54, 1.807) is 54.6 Å². The molecule has 0 bridgehead atoms. The minimum atomic E-state index is -0.460. The number of nitrogens with zero attached hydrogens (tertiary/aromatic N) is 1. The van der Waals surface area contributed by atoms with E-state index in [1.165, 1.54) is 0 Å². The topological polar surface area (TPSA) is 59.3 Å². The van der Waals surface area contributed by atoms with Crippen LogP contribution in [0, 0.1) is 11.3 Å². The van der Waals surface area contributed by atoms with Crippen LogP contribution in [0.4, 0.5) is 0 Å². The number of hydrogen-bond acceptors (Lipinski definition) is 4. The second-order valence-electron chi connectivity index (χ2n) is 5.64. The highest BCUT2D eigenvalue weighted by Crippen LogP contribution is 2.27. The van der Waals surface area contributed by atoms with Crippen molar-refractivity contribution in [1.82, 2.24) is 0 Å². The summed E-state index contributed by atoms with van der Waals surface area (Å²) in [5.41, 5.74) is 2.28. The molecule has 0 aromatic heterocycles. The number of halogens is 1. The van der Waals surface area contributed by atoms with Gasteiger partial charge in [-0.2, -0.15) is 5.26 Å². The van der Waals surface area contributed by atoms with Gasteiger partial charge in [0.25, 0.3) is 0 Å². The third kappa shape index (κ3) is 4.66. The smallest absolute Gasteiger partial charge is 0.338 e. The van der Waals surface area contributed by atoms with Crippen LogP contribution in [0.3, 0.4) is 0 Å². The lowest BCUT2D eigenvalue weighted by molar-refractivity contribution is 0.0451. The monoisotopic (exact) mass is 377 g/mol. The van der Waals surface area contributed by atoms with Crippen LogP contribution >= 0.6 is 11.6 Å². The summed E-state index contributed by atoms with van der Waals surface area (Å²) in [4.78, 5) is 12.5. The fourth-order valence-electron chi connectivity index (χ4n) is 2.61. The van der Waals surface area contributed by atoms with Gasteiger partial charge < -0.3 is 9.47 Å². The first kappa shape index (κ1) is 18.5. The Hall–Kier alpha value is -3.29. The third-order valence-corrected chi connectivity index (χ3v) is 4.14. The molecular weight excluding hydrogens is 362 g/mol. The lowest BCUT2D eigenvalue weighted by Crippen LogP contribution is -2.13. The molecule has 0 amide bonds. The average Bonchev–Trinajstić information content (AvgIpc) is 2.72. The molecule has 0 radical (unpaired) electrons. The molecule has 0 aliphatic rings. The molecule has 27 heavy (non-hydrogen) atoms. The largest absolute Gasteiger partial charge is 0.490 e. The van der Waals surface area contributed by atoms with Crippen molar-refractivity contribution in [3.05, 3.63) is 88.9 Å². The summed E-state index contributed by atoms with van der Waals surface area (Å²) in [6, 6.07) is 23.3. The van der Waals surface area contributed by atoms with Crippen molar-refractivity contribution in [2.75, 3.05) is 13.2 Å². The Labute approximate surface area is 162 Å². The van der Waals surface area contributed by atoms with Gasteiger partial charge in [-0.3, -0.25) is 0 Å². The first-order valence-corrected chi connectivity index (χ1v) is 8.71. The highest BCUT2D eigenvalue weighted by molar-refractivity contribution is 6.30. The van der Waals surface area contributed by atoms with Gasteiger partial charge >= 0.3 is 5.97 Å². The van der Waals surface area contributed by atoms with Crippen LogP contribution < -0.4 is 4.74 Å². The predicted octanol–water partition coefficient (Wildman–Crippen LogP) is 5.11. The van der Waals surface area contributed by atoms with Gasteiger partial charge in [0, 0.05) is 10.6 Å². The lowest BCUT2D eigenvalue weighted by atomic mass is 9.96. The number of ether oxygens (including phenoxy) is 2. The van der Waals surface area contributed by atoms with Crippen LogP contribution in [-0.2, 0) is 4.74 Å². The van der Waals surface area contributed by atoms with E-state index in [0.29, 0.717) is 33.0 Å². The second kappa shape index (κ2) is 8.88. The Balaban J connectivity index is 1.67. The van der Waals surface area contributed by atoms with Gasteiger partial charge in [0.05, 0.1) is 17.2 Å². The zero-order valence-corrected chi connectivity index (χ0v) is 15.1. The molecule has 0 spiro atoms. The van der Waals surface area contributed by atoms with E-state index >= 15 is 0 Å². The van der Waals surface area contributed by atoms with Gasteiger partial charge in [0.1, 0.15) is 19.0 Å². The van der Waals surface area contributed by atoms with Gasteiger partial charge in [-0.15, -0.1) is 0 Å². The fourth-order valence-corrected chi connectivity index (χ4v) is 2.74. The molecule has 0 aliphatic carbocycles. The number of hydrogen-bond donors (Lipinski definition) is 0. The van der Waals surface area contributed by atoms with Crippen molar-refractivity contribution in [3.63, 3.8) is 0 Å².